The van der Waals surface area contributed by atoms with Crippen LogP contribution in [-0.4, -0.2) is 46.6 Å². The van der Waals surface area contributed by atoms with Gasteiger partial charge >= 0.3 is 5.97 Å². The maximum Gasteiger partial charge on any atom is 0.371 e. The molecule has 6 nitrogen and oxygen atoms in total. The summed E-state index contributed by atoms with van der Waals surface area (Å²) in [5.41, 5.74) is 4.16. The van der Waals surface area contributed by atoms with E-state index < -0.39 is 5.97 Å². The van der Waals surface area contributed by atoms with E-state index in [-0.39, 0.29) is 11.6 Å². The molecule has 0 spiro atoms. The number of ether oxygens (including phenoxy) is 1. The van der Waals surface area contributed by atoms with Crippen molar-refractivity contribution in [1.29, 1.82) is 0 Å². The number of carbonyl (C=O) groups is 1. The predicted molar refractivity (Wildman–Crippen MR) is 145 cm³/mol. The summed E-state index contributed by atoms with van der Waals surface area (Å²) >= 11 is 1.62. The number of hydrogen-bond acceptors (Lipinski definition) is 6. The highest BCUT2D eigenvalue weighted by Gasteiger charge is 2.30. The normalized spacial score (nSPS) is 17.9. The third-order valence-corrected chi connectivity index (χ3v) is 8.06. The molecule has 5 rings (SSSR count). The topological polar surface area (TPSA) is 65.9 Å². The molecular weight excluding hydrogens is 489 g/mol. The van der Waals surface area contributed by atoms with Gasteiger partial charge in [0, 0.05) is 44.0 Å². The van der Waals surface area contributed by atoms with Crippen molar-refractivity contribution in [1.82, 2.24) is 9.88 Å². The van der Waals surface area contributed by atoms with E-state index in [4.69, 9.17) is 9.72 Å². The van der Waals surface area contributed by atoms with Gasteiger partial charge in [0.05, 0.1) is 4.88 Å². The zero-order valence-electron chi connectivity index (χ0n) is 21.4. The number of aryl methyl sites for hydroxylation is 1. The van der Waals surface area contributed by atoms with E-state index in [2.05, 4.69) is 36.6 Å². The van der Waals surface area contributed by atoms with Crippen molar-refractivity contribution in [2.75, 3.05) is 24.5 Å². The number of thiazole rings is 1. The molecular formula is C29H32FN3O3S. The molecule has 8 heteroatoms. The summed E-state index contributed by atoms with van der Waals surface area (Å²) in [6, 6.07) is 11.2. The molecule has 1 atom stereocenters. The number of allylic oxidation sites excluding steroid dienone is 1. The average molecular weight is 522 g/mol. The molecule has 37 heavy (non-hydrogen) atoms. The number of carboxylic acid groups (broad SMARTS) is 1. The molecule has 3 aromatic rings. The van der Waals surface area contributed by atoms with Crippen molar-refractivity contribution < 1.29 is 19.0 Å². The van der Waals surface area contributed by atoms with Crippen molar-refractivity contribution >= 4 is 22.4 Å². The number of nitrogens with zero attached hydrogens (tertiary/aromatic N) is 3. The van der Waals surface area contributed by atoms with Gasteiger partial charge in [0.1, 0.15) is 11.6 Å². The highest BCUT2D eigenvalue weighted by molar-refractivity contribution is 7.18. The third kappa shape index (κ3) is 5.70. The largest absolute Gasteiger partial charge is 0.475 e. The SMILES string of the molecule is Cc1cc(CN2CCN(c3ncc(-c4cccc(F)c4)s3)[C@H](CC(C)C)C2)cc2c1CC=C(C(=O)O)O2. The first kappa shape index (κ1) is 25.4. The first-order valence-electron chi connectivity index (χ1n) is 12.7. The first-order valence-corrected chi connectivity index (χ1v) is 13.5. The molecule has 194 valence electrons. The summed E-state index contributed by atoms with van der Waals surface area (Å²) < 4.78 is 19.4. The molecule has 0 radical (unpaired) electrons. The van der Waals surface area contributed by atoms with Gasteiger partial charge in [0.25, 0.3) is 0 Å². The number of carboxylic acids is 1. The average Bonchev–Trinajstić information content (AvgIpc) is 3.33. The Morgan fingerprint density at radius 1 is 1.27 bits per heavy atom. The van der Waals surface area contributed by atoms with Crippen molar-refractivity contribution in [2.24, 2.45) is 5.92 Å². The van der Waals surface area contributed by atoms with Crippen LogP contribution in [0, 0.1) is 18.7 Å². The van der Waals surface area contributed by atoms with E-state index in [0.717, 1.165) is 64.9 Å². The van der Waals surface area contributed by atoms with E-state index in [1.165, 1.54) is 6.07 Å². The molecule has 2 aliphatic heterocycles. The fourth-order valence-corrected chi connectivity index (χ4v) is 6.29. The zero-order valence-corrected chi connectivity index (χ0v) is 22.2. The number of rotatable bonds is 7. The number of aliphatic carboxylic acids is 1. The van der Waals surface area contributed by atoms with Crippen LogP contribution in [0.4, 0.5) is 9.52 Å². The second-order valence-electron chi connectivity index (χ2n) is 10.3. The second-order valence-corrected chi connectivity index (χ2v) is 11.3. The number of aromatic nitrogens is 1. The number of benzene rings is 2. The Morgan fingerprint density at radius 2 is 2.11 bits per heavy atom. The van der Waals surface area contributed by atoms with E-state index >= 15 is 0 Å². The summed E-state index contributed by atoms with van der Waals surface area (Å²) in [5.74, 6) is -0.0905. The van der Waals surface area contributed by atoms with Crippen LogP contribution in [-0.2, 0) is 17.8 Å². The predicted octanol–water partition coefficient (Wildman–Crippen LogP) is 5.90. The van der Waals surface area contributed by atoms with Crippen LogP contribution in [0.15, 0.2) is 54.4 Å². The highest BCUT2D eigenvalue weighted by atomic mass is 32.1. The lowest BCUT2D eigenvalue weighted by Gasteiger charge is -2.42. The van der Waals surface area contributed by atoms with Crippen molar-refractivity contribution in [3.63, 3.8) is 0 Å². The summed E-state index contributed by atoms with van der Waals surface area (Å²) in [7, 11) is 0. The molecule has 0 aliphatic carbocycles. The Hall–Kier alpha value is -3.23. The summed E-state index contributed by atoms with van der Waals surface area (Å²) in [6.45, 7) is 9.98. The molecule has 0 unspecified atom stereocenters. The van der Waals surface area contributed by atoms with Gasteiger partial charge in [-0.15, -0.1) is 0 Å². The minimum absolute atomic E-state index is 0.00396. The number of fused-ring (bicyclic) bond motifs is 1. The van der Waals surface area contributed by atoms with E-state index in [9.17, 15) is 14.3 Å². The molecule has 0 bridgehead atoms. The number of anilines is 1. The standard InChI is InChI=1S/C29H32FN3O3S/c1-18(2)11-23-17-32(16-20-12-19(3)24-7-8-25(28(34)35)36-26(24)13-20)9-10-33(23)29-31-15-27(37-29)21-5-4-6-22(30)14-21/h4-6,8,12-15,18,23H,7,9-11,16-17H2,1-3H3,(H,34,35)/t23-/m1/s1. The molecule has 2 aromatic carbocycles. The van der Waals surface area contributed by atoms with Gasteiger partial charge in [0.2, 0.25) is 5.76 Å². The van der Waals surface area contributed by atoms with Gasteiger partial charge in [-0.1, -0.05) is 43.4 Å². The van der Waals surface area contributed by atoms with Crippen molar-refractivity contribution in [3.05, 3.63) is 76.9 Å². The highest BCUT2D eigenvalue weighted by Crippen LogP contribution is 2.35. The van der Waals surface area contributed by atoms with E-state index in [0.29, 0.717) is 24.1 Å². The maximum absolute atomic E-state index is 13.7. The molecule has 1 fully saturated rings. The minimum atomic E-state index is -1.04. The first-order chi connectivity index (χ1) is 17.8. The molecule has 0 amide bonds. The Labute approximate surface area is 221 Å². The van der Waals surface area contributed by atoms with Crippen molar-refractivity contribution in [3.8, 4) is 16.2 Å². The smallest absolute Gasteiger partial charge is 0.371 e. The van der Waals surface area contributed by atoms with E-state index in [1.807, 2.05) is 18.3 Å². The summed E-state index contributed by atoms with van der Waals surface area (Å²) in [4.78, 5) is 22.0. The molecule has 3 heterocycles. The quantitative estimate of drug-likeness (QED) is 0.418. The monoisotopic (exact) mass is 521 g/mol. The van der Waals surface area contributed by atoms with Gasteiger partial charge in [-0.05, 0) is 66.6 Å². The lowest BCUT2D eigenvalue weighted by Crippen LogP contribution is -2.53. The number of piperazine rings is 1. The molecule has 1 aromatic heterocycles. The van der Waals surface area contributed by atoms with E-state index in [1.54, 1.807) is 29.5 Å². The molecule has 0 saturated carbocycles. The lowest BCUT2D eigenvalue weighted by molar-refractivity contribution is -0.135. The maximum atomic E-state index is 13.7. The van der Waals surface area contributed by atoms with Crippen LogP contribution in [0.3, 0.4) is 0 Å². The lowest BCUT2D eigenvalue weighted by atomic mass is 9.97. The Bertz CT molecular complexity index is 1340. The van der Waals surface area contributed by atoms with Gasteiger partial charge in [-0.25, -0.2) is 14.2 Å². The van der Waals surface area contributed by atoms with Gasteiger partial charge in [-0.2, -0.15) is 0 Å². The van der Waals surface area contributed by atoms with Gasteiger partial charge < -0.3 is 14.7 Å². The Kier molecular flexibility index (Phi) is 7.31. The number of hydrogen-bond donors (Lipinski definition) is 1. The van der Waals surface area contributed by atoms with Crippen molar-refractivity contribution in [2.45, 2.75) is 46.2 Å². The third-order valence-electron chi connectivity index (χ3n) is 6.98. The fourth-order valence-electron chi connectivity index (χ4n) is 5.28. The number of halogens is 1. The van der Waals surface area contributed by atoms with Crippen LogP contribution in [0.5, 0.6) is 5.75 Å². The van der Waals surface area contributed by atoms with Gasteiger partial charge in [0.15, 0.2) is 5.13 Å². The van der Waals surface area contributed by atoms with Gasteiger partial charge in [-0.3, -0.25) is 4.90 Å². The van der Waals surface area contributed by atoms with Crippen LogP contribution in [0.1, 0.15) is 37.0 Å². The Balaban J connectivity index is 1.32. The zero-order chi connectivity index (χ0) is 26.1. The van der Waals surface area contributed by atoms with Crippen LogP contribution in [0.25, 0.3) is 10.4 Å². The van der Waals surface area contributed by atoms with Crippen LogP contribution >= 0.6 is 11.3 Å². The summed E-state index contributed by atoms with van der Waals surface area (Å²) in [5, 5.41) is 10.3. The summed E-state index contributed by atoms with van der Waals surface area (Å²) in [6.07, 6.45) is 5.10. The second kappa shape index (κ2) is 10.6. The molecule has 1 saturated heterocycles. The Morgan fingerprint density at radius 3 is 2.86 bits per heavy atom. The fraction of sp³-hybridized carbons (Fsp3) is 0.379. The minimum Gasteiger partial charge on any atom is -0.475 e. The van der Waals surface area contributed by atoms with Crippen LogP contribution < -0.4 is 9.64 Å². The van der Waals surface area contributed by atoms with Crippen LogP contribution in [0.2, 0.25) is 0 Å². The molecule has 1 N–H and O–H groups in total. The molecule has 2 aliphatic rings.